The number of nitrogens with zero attached hydrogens (tertiary/aromatic N) is 2. The number of carbonyl (C=O) groups excluding carboxylic acids is 2. The van der Waals surface area contributed by atoms with Crippen molar-refractivity contribution in [1.29, 1.82) is 0 Å². The van der Waals surface area contributed by atoms with Crippen LogP contribution in [0.3, 0.4) is 0 Å². The van der Waals surface area contributed by atoms with Crippen LogP contribution >= 0.6 is 0 Å². The van der Waals surface area contributed by atoms with Crippen LogP contribution < -0.4 is 14.4 Å². The fourth-order valence-electron chi connectivity index (χ4n) is 4.63. The van der Waals surface area contributed by atoms with E-state index >= 15 is 0 Å². The van der Waals surface area contributed by atoms with Crippen molar-refractivity contribution in [2.24, 2.45) is 0 Å². The lowest BCUT2D eigenvalue weighted by Crippen LogP contribution is -2.54. The Morgan fingerprint density at radius 3 is 2.14 bits per heavy atom. The third kappa shape index (κ3) is 8.35. The molecule has 0 aliphatic carbocycles. The maximum atomic E-state index is 14.2. The van der Waals surface area contributed by atoms with Gasteiger partial charge < -0.3 is 15.0 Å². The van der Waals surface area contributed by atoms with E-state index in [2.05, 4.69) is 5.32 Å². The Bertz CT molecular complexity index is 1410. The second-order valence-electron chi connectivity index (χ2n) is 10.3. The molecule has 0 saturated heterocycles. The molecule has 1 N–H and O–H groups in total. The Labute approximate surface area is 250 Å². The number of nitrogens with one attached hydrogen (secondary N) is 1. The fraction of sp³-hybridized carbons (Fsp3) is 0.394. The molecule has 3 rings (SSSR count). The van der Waals surface area contributed by atoms with Crippen LogP contribution in [0.1, 0.15) is 51.7 Å². The summed E-state index contributed by atoms with van der Waals surface area (Å²) < 4.78 is 35.1. The fourth-order valence-corrected chi connectivity index (χ4v) is 6.05. The van der Waals surface area contributed by atoms with Crippen molar-refractivity contribution in [3.63, 3.8) is 0 Å². The monoisotopic (exact) mass is 593 g/mol. The summed E-state index contributed by atoms with van der Waals surface area (Å²) in [6, 6.07) is 22.2. The molecule has 2 atom stereocenters. The average Bonchev–Trinajstić information content (AvgIpc) is 2.99. The van der Waals surface area contributed by atoms with E-state index in [1.165, 1.54) is 17.0 Å². The van der Waals surface area contributed by atoms with Crippen LogP contribution in [0.4, 0.5) is 5.69 Å². The number of hydrogen-bond donors (Lipinski definition) is 1. The number of sulfonamides is 1. The zero-order valence-corrected chi connectivity index (χ0v) is 26.1. The van der Waals surface area contributed by atoms with E-state index < -0.39 is 28.5 Å². The molecule has 0 fully saturated rings. The van der Waals surface area contributed by atoms with E-state index in [0.29, 0.717) is 25.2 Å². The quantitative estimate of drug-likeness (QED) is 0.256. The van der Waals surface area contributed by atoms with Crippen LogP contribution in [0.5, 0.6) is 5.75 Å². The van der Waals surface area contributed by atoms with Gasteiger partial charge in [0.1, 0.15) is 18.3 Å². The van der Waals surface area contributed by atoms with Crippen LogP contribution in [0, 0.1) is 6.92 Å². The molecule has 0 spiro atoms. The highest BCUT2D eigenvalue weighted by Gasteiger charge is 2.34. The van der Waals surface area contributed by atoms with Crippen LogP contribution in [0.2, 0.25) is 0 Å². The highest BCUT2D eigenvalue weighted by atomic mass is 32.2. The lowest BCUT2D eigenvalue weighted by Gasteiger charge is -2.34. The summed E-state index contributed by atoms with van der Waals surface area (Å²) in [6.07, 6.45) is 1.64. The summed E-state index contributed by atoms with van der Waals surface area (Å²) in [7, 11) is -4.18. The number of benzene rings is 3. The summed E-state index contributed by atoms with van der Waals surface area (Å²) in [6.45, 7) is 9.52. The van der Waals surface area contributed by atoms with Crippen LogP contribution in [0.25, 0.3) is 0 Å². The van der Waals surface area contributed by atoms with Crippen molar-refractivity contribution in [3.05, 3.63) is 90.0 Å². The summed E-state index contributed by atoms with van der Waals surface area (Å²) >= 11 is 0. The number of carbonyl (C=O) groups is 2. The average molecular weight is 594 g/mol. The minimum Gasteiger partial charge on any atom is -0.492 e. The predicted molar refractivity (Wildman–Crippen MR) is 167 cm³/mol. The molecule has 0 bridgehead atoms. The van der Waals surface area contributed by atoms with Crippen LogP contribution in [0.15, 0.2) is 83.8 Å². The third-order valence-electron chi connectivity index (χ3n) is 7.19. The van der Waals surface area contributed by atoms with Crippen molar-refractivity contribution < 1.29 is 22.7 Å². The molecule has 226 valence electrons. The van der Waals surface area contributed by atoms with Gasteiger partial charge in [-0.05, 0) is 69.9 Å². The first-order valence-corrected chi connectivity index (χ1v) is 16.0. The van der Waals surface area contributed by atoms with E-state index in [0.717, 1.165) is 21.9 Å². The molecule has 3 aromatic rings. The standard InChI is InChI=1S/C33H43N3O5S/c1-6-26(5)34-33(38)29(7-2)35(23-22-27-14-10-9-11-15-27)32(37)24-36(30-16-12-13-17-31(30)41-8-3)42(39,40)28-20-18-25(4)19-21-28/h9-21,26,29H,6-8,22-24H2,1-5H3,(H,34,38). The van der Waals surface area contributed by atoms with E-state index in [1.807, 2.05) is 65.0 Å². The van der Waals surface area contributed by atoms with Gasteiger partial charge in [-0.1, -0.05) is 74.0 Å². The van der Waals surface area contributed by atoms with Gasteiger partial charge in [0.25, 0.3) is 10.0 Å². The highest BCUT2D eigenvalue weighted by molar-refractivity contribution is 7.92. The van der Waals surface area contributed by atoms with E-state index in [1.54, 1.807) is 36.4 Å². The molecule has 0 aliphatic rings. The second-order valence-corrected chi connectivity index (χ2v) is 12.2. The largest absolute Gasteiger partial charge is 0.492 e. The van der Waals surface area contributed by atoms with Crippen LogP contribution in [-0.2, 0) is 26.0 Å². The molecule has 9 heteroatoms. The number of aryl methyl sites for hydroxylation is 1. The number of para-hydroxylation sites is 2. The molecule has 8 nitrogen and oxygen atoms in total. The zero-order chi connectivity index (χ0) is 30.7. The van der Waals surface area contributed by atoms with E-state index in [-0.39, 0.29) is 29.1 Å². The Balaban J connectivity index is 2.06. The second kappa shape index (κ2) is 15.4. The lowest BCUT2D eigenvalue weighted by atomic mass is 10.1. The van der Waals surface area contributed by atoms with Crippen molar-refractivity contribution >= 4 is 27.5 Å². The summed E-state index contributed by atoms with van der Waals surface area (Å²) in [5.74, 6) is -0.379. The summed E-state index contributed by atoms with van der Waals surface area (Å²) in [5, 5.41) is 3.00. The summed E-state index contributed by atoms with van der Waals surface area (Å²) in [5.41, 5.74) is 2.18. The Hall–Kier alpha value is -3.85. The molecule has 0 aliphatic heterocycles. The summed E-state index contributed by atoms with van der Waals surface area (Å²) in [4.78, 5) is 29.2. The first kappa shape index (κ1) is 32.7. The molecule has 2 unspecified atom stereocenters. The molecular formula is C33H43N3O5S. The highest BCUT2D eigenvalue weighted by Crippen LogP contribution is 2.33. The van der Waals surface area contributed by atoms with E-state index in [9.17, 15) is 18.0 Å². The van der Waals surface area contributed by atoms with Gasteiger partial charge in [0.15, 0.2) is 0 Å². The molecule has 0 radical (unpaired) electrons. The van der Waals surface area contributed by atoms with Crippen LogP contribution in [-0.4, -0.2) is 56.9 Å². The van der Waals surface area contributed by atoms with Crippen molar-refractivity contribution in [2.45, 2.75) is 70.9 Å². The Kier molecular flexibility index (Phi) is 12.0. The third-order valence-corrected chi connectivity index (χ3v) is 8.97. The van der Waals surface area contributed by atoms with Gasteiger partial charge in [-0.15, -0.1) is 0 Å². The SMILES string of the molecule is CCOc1ccccc1N(CC(=O)N(CCc1ccccc1)C(CC)C(=O)NC(C)CC)S(=O)(=O)c1ccc(C)cc1. The number of ether oxygens (including phenoxy) is 1. The normalized spacial score (nSPS) is 12.7. The van der Waals surface area contributed by atoms with Gasteiger partial charge >= 0.3 is 0 Å². The topological polar surface area (TPSA) is 96.0 Å². The maximum absolute atomic E-state index is 14.2. The Morgan fingerprint density at radius 2 is 1.52 bits per heavy atom. The molecule has 3 aromatic carbocycles. The maximum Gasteiger partial charge on any atom is 0.264 e. The van der Waals surface area contributed by atoms with Gasteiger partial charge in [0, 0.05) is 12.6 Å². The Morgan fingerprint density at radius 1 is 0.881 bits per heavy atom. The molecule has 0 heterocycles. The predicted octanol–water partition coefficient (Wildman–Crippen LogP) is 5.35. The number of hydrogen-bond acceptors (Lipinski definition) is 5. The smallest absolute Gasteiger partial charge is 0.264 e. The van der Waals surface area contributed by atoms with Gasteiger partial charge in [-0.3, -0.25) is 13.9 Å². The van der Waals surface area contributed by atoms with E-state index in [4.69, 9.17) is 4.74 Å². The van der Waals surface area contributed by atoms with Gasteiger partial charge in [-0.2, -0.15) is 0 Å². The molecular weight excluding hydrogens is 550 g/mol. The molecule has 0 saturated carbocycles. The molecule has 42 heavy (non-hydrogen) atoms. The van der Waals surface area contributed by atoms with Crippen molar-refractivity contribution in [1.82, 2.24) is 10.2 Å². The minimum absolute atomic E-state index is 0.0598. The van der Waals surface area contributed by atoms with Gasteiger partial charge in [0.2, 0.25) is 11.8 Å². The first-order valence-electron chi connectivity index (χ1n) is 14.6. The minimum atomic E-state index is -4.18. The number of rotatable bonds is 15. The van der Waals surface area contributed by atoms with Gasteiger partial charge in [-0.25, -0.2) is 8.42 Å². The lowest BCUT2D eigenvalue weighted by molar-refractivity contribution is -0.139. The molecule has 2 amide bonds. The number of anilines is 1. The van der Waals surface area contributed by atoms with Crippen molar-refractivity contribution in [3.8, 4) is 5.75 Å². The first-order chi connectivity index (χ1) is 20.1. The van der Waals surface area contributed by atoms with Crippen molar-refractivity contribution in [2.75, 3.05) is 24.0 Å². The number of amides is 2. The molecule has 0 aromatic heterocycles. The zero-order valence-electron chi connectivity index (χ0n) is 25.2. The van der Waals surface area contributed by atoms with Gasteiger partial charge in [0.05, 0.1) is 17.2 Å².